The second-order valence-corrected chi connectivity index (χ2v) is 6.78. The van der Waals surface area contributed by atoms with E-state index in [1.165, 1.54) is 6.07 Å². The summed E-state index contributed by atoms with van der Waals surface area (Å²) in [5.41, 5.74) is 0. The lowest BCUT2D eigenvalue weighted by molar-refractivity contribution is 0.428. The van der Waals surface area contributed by atoms with E-state index in [0.717, 1.165) is 31.5 Å². The SMILES string of the molecule is Cl.O=S(=O)(N[C@@H]1CCCNC1)c1ccc(F)cc1Br. The molecule has 1 fully saturated rings. The fraction of sp³-hybridized carbons (Fsp3) is 0.455. The van der Waals surface area contributed by atoms with Gasteiger partial charge in [-0.2, -0.15) is 0 Å². The Labute approximate surface area is 126 Å². The van der Waals surface area contributed by atoms with E-state index in [9.17, 15) is 12.8 Å². The van der Waals surface area contributed by atoms with Crippen molar-refractivity contribution in [2.75, 3.05) is 13.1 Å². The fourth-order valence-corrected chi connectivity index (χ4v) is 4.25. The first kappa shape index (κ1) is 16.8. The van der Waals surface area contributed by atoms with Crippen molar-refractivity contribution < 1.29 is 12.8 Å². The molecule has 0 aliphatic carbocycles. The maximum Gasteiger partial charge on any atom is 0.241 e. The minimum absolute atomic E-state index is 0. The second-order valence-electron chi connectivity index (χ2n) is 4.24. The van der Waals surface area contributed by atoms with E-state index in [0.29, 0.717) is 6.54 Å². The summed E-state index contributed by atoms with van der Waals surface area (Å²) < 4.78 is 40.1. The minimum Gasteiger partial charge on any atom is -0.315 e. The molecular formula is C11H15BrClFN2O2S. The van der Waals surface area contributed by atoms with Crippen LogP contribution in [0.5, 0.6) is 0 Å². The van der Waals surface area contributed by atoms with Crippen LogP contribution >= 0.6 is 28.3 Å². The molecule has 1 heterocycles. The highest BCUT2D eigenvalue weighted by molar-refractivity contribution is 9.10. The molecule has 4 nitrogen and oxygen atoms in total. The van der Waals surface area contributed by atoms with Crippen molar-refractivity contribution in [3.05, 3.63) is 28.5 Å². The van der Waals surface area contributed by atoms with Gasteiger partial charge in [0.1, 0.15) is 5.82 Å². The summed E-state index contributed by atoms with van der Waals surface area (Å²) in [6.45, 7) is 1.54. The standard InChI is InChI=1S/C11H14BrFN2O2S.ClH/c12-10-6-8(13)3-4-11(10)18(16,17)15-9-2-1-5-14-7-9;/h3-4,6,9,14-15H,1-2,5,7H2;1H/t9-;/m1./s1. The third-order valence-electron chi connectivity index (χ3n) is 2.80. The normalized spacial score (nSPS) is 19.8. The van der Waals surface area contributed by atoms with Gasteiger partial charge in [-0.25, -0.2) is 17.5 Å². The van der Waals surface area contributed by atoms with Crippen molar-refractivity contribution in [3.8, 4) is 0 Å². The van der Waals surface area contributed by atoms with Crippen molar-refractivity contribution in [3.63, 3.8) is 0 Å². The summed E-state index contributed by atoms with van der Waals surface area (Å²) >= 11 is 3.07. The number of sulfonamides is 1. The Morgan fingerprint density at radius 3 is 2.74 bits per heavy atom. The van der Waals surface area contributed by atoms with Crippen molar-refractivity contribution in [1.82, 2.24) is 10.0 Å². The lowest BCUT2D eigenvalue weighted by atomic mass is 10.1. The number of halogens is 3. The lowest BCUT2D eigenvalue weighted by Crippen LogP contribution is -2.45. The summed E-state index contributed by atoms with van der Waals surface area (Å²) in [5, 5.41) is 3.13. The molecular weight excluding hydrogens is 359 g/mol. The molecule has 0 bridgehead atoms. The number of hydrogen-bond acceptors (Lipinski definition) is 3. The molecule has 1 saturated heterocycles. The van der Waals surface area contributed by atoms with E-state index in [2.05, 4.69) is 26.0 Å². The highest BCUT2D eigenvalue weighted by Gasteiger charge is 2.23. The number of hydrogen-bond donors (Lipinski definition) is 2. The van der Waals surface area contributed by atoms with Crippen LogP contribution in [-0.2, 0) is 10.0 Å². The van der Waals surface area contributed by atoms with Crippen LogP contribution in [0.15, 0.2) is 27.6 Å². The van der Waals surface area contributed by atoms with E-state index in [1.807, 2.05) is 0 Å². The summed E-state index contributed by atoms with van der Waals surface area (Å²) in [5.74, 6) is -0.472. The van der Waals surface area contributed by atoms with E-state index in [4.69, 9.17) is 0 Å². The highest BCUT2D eigenvalue weighted by Crippen LogP contribution is 2.23. The Morgan fingerprint density at radius 1 is 1.42 bits per heavy atom. The third-order valence-corrected chi connectivity index (χ3v) is 5.30. The van der Waals surface area contributed by atoms with Crippen molar-refractivity contribution in [1.29, 1.82) is 0 Å². The van der Waals surface area contributed by atoms with Gasteiger partial charge in [0.15, 0.2) is 0 Å². The van der Waals surface area contributed by atoms with Gasteiger partial charge < -0.3 is 5.32 Å². The molecule has 19 heavy (non-hydrogen) atoms. The topological polar surface area (TPSA) is 58.2 Å². The Kier molecular flexibility index (Phi) is 6.19. The van der Waals surface area contributed by atoms with Gasteiger partial charge in [0.2, 0.25) is 10.0 Å². The maximum atomic E-state index is 12.9. The fourth-order valence-electron chi connectivity index (χ4n) is 1.93. The lowest BCUT2D eigenvalue weighted by Gasteiger charge is -2.23. The zero-order valence-corrected chi connectivity index (χ0v) is 13.2. The third kappa shape index (κ3) is 4.39. The van der Waals surface area contributed by atoms with Crippen LogP contribution in [0.25, 0.3) is 0 Å². The molecule has 1 aliphatic heterocycles. The summed E-state index contributed by atoms with van der Waals surface area (Å²) in [4.78, 5) is 0.0643. The zero-order valence-electron chi connectivity index (χ0n) is 10.0. The summed E-state index contributed by atoms with van der Waals surface area (Å²) in [7, 11) is -3.61. The first-order valence-electron chi connectivity index (χ1n) is 5.67. The molecule has 1 aromatic carbocycles. The molecule has 0 unspecified atom stereocenters. The Hall–Kier alpha value is -0.210. The van der Waals surface area contributed by atoms with E-state index >= 15 is 0 Å². The van der Waals surface area contributed by atoms with Crippen LogP contribution in [0.4, 0.5) is 4.39 Å². The molecule has 1 aliphatic rings. The minimum atomic E-state index is -3.61. The van der Waals surface area contributed by atoms with Crippen LogP contribution in [-0.4, -0.2) is 27.5 Å². The van der Waals surface area contributed by atoms with E-state index in [-0.39, 0.29) is 27.8 Å². The first-order chi connectivity index (χ1) is 8.49. The van der Waals surface area contributed by atoms with Gasteiger partial charge in [-0.15, -0.1) is 12.4 Å². The van der Waals surface area contributed by atoms with E-state index < -0.39 is 15.8 Å². The van der Waals surface area contributed by atoms with Crippen LogP contribution < -0.4 is 10.0 Å². The monoisotopic (exact) mass is 372 g/mol. The smallest absolute Gasteiger partial charge is 0.241 e. The second kappa shape index (κ2) is 6.99. The average Bonchev–Trinajstić information content (AvgIpc) is 2.29. The van der Waals surface area contributed by atoms with Crippen LogP contribution in [0.2, 0.25) is 0 Å². The summed E-state index contributed by atoms with van der Waals surface area (Å²) in [6, 6.07) is 3.44. The van der Waals surface area contributed by atoms with Gasteiger partial charge in [0.25, 0.3) is 0 Å². The first-order valence-corrected chi connectivity index (χ1v) is 7.95. The Morgan fingerprint density at radius 2 is 2.16 bits per heavy atom. The van der Waals surface area contributed by atoms with Gasteiger partial charge >= 0.3 is 0 Å². The Balaban J connectivity index is 0.00000180. The number of piperidine rings is 1. The van der Waals surface area contributed by atoms with Crippen molar-refractivity contribution >= 4 is 38.4 Å². The van der Waals surface area contributed by atoms with Gasteiger partial charge in [-0.05, 0) is 53.5 Å². The van der Waals surface area contributed by atoms with Crippen LogP contribution in [0, 0.1) is 5.82 Å². The molecule has 1 atom stereocenters. The molecule has 0 aromatic heterocycles. The van der Waals surface area contributed by atoms with Gasteiger partial charge in [0, 0.05) is 17.1 Å². The molecule has 8 heteroatoms. The van der Waals surface area contributed by atoms with E-state index in [1.54, 1.807) is 0 Å². The highest BCUT2D eigenvalue weighted by atomic mass is 79.9. The molecule has 2 rings (SSSR count). The van der Waals surface area contributed by atoms with Crippen LogP contribution in [0.1, 0.15) is 12.8 Å². The predicted molar refractivity (Wildman–Crippen MR) is 77.6 cm³/mol. The molecule has 2 N–H and O–H groups in total. The zero-order chi connectivity index (χ0) is 13.2. The molecule has 0 radical (unpaired) electrons. The van der Waals surface area contributed by atoms with Gasteiger partial charge in [0.05, 0.1) is 4.90 Å². The van der Waals surface area contributed by atoms with Gasteiger partial charge in [-0.3, -0.25) is 0 Å². The van der Waals surface area contributed by atoms with Crippen LogP contribution in [0.3, 0.4) is 0 Å². The molecule has 0 spiro atoms. The molecule has 0 saturated carbocycles. The number of benzene rings is 1. The maximum absolute atomic E-state index is 12.9. The van der Waals surface area contributed by atoms with Gasteiger partial charge in [-0.1, -0.05) is 0 Å². The molecule has 1 aromatic rings. The van der Waals surface area contributed by atoms with Crippen molar-refractivity contribution in [2.45, 2.75) is 23.8 Å². The quantitative estimate of drug-likeness (QED) is 0.852. The average molecular weight is 374 g/mol. The number of rotatable bonds is 3. The molecule has 108 valence electrons. The number of nitrogens with one attached hydrogen (secondary N) is 2. The summed E-state index contributed by atoms with van der Waals surface area (Å²) in [6.07, 6.45) is 1.75. The molecule has 0 amide bonds. The Bertz CT molecular complexity index is 535. The predicted octanol–water partition coefficient (Wildman–Crippen LogP) is 2.04. The largest absolute Gasteiger partial charge is 0.315 e. The van der Waals surface area contributed by atoms with Crippen molar-refractivity contribution in [2.24, 2.45) is 0 Å².